The third-order valence-corrected chi connectivity index (χ3v) is 4.77. The average Bonchev–Trinajstić information content (AvgIpc) is 3.25. The fraction of sp³-hybridized carbons (Fsp3) is 0.588. The molecular formula is C17H25ClN2O. The number of nitrogens with one attached hydrogen (secondary N) is 2. The van der Waals surface area contributed by atoms with Gasteiger partial charge in [0.2, 0.25) is 5.91 Å². The summed E-state index contributed by atoms with van der Waals surface area (Å²) in [6, 6.07) is 8.32. The maximum atomic E-state index is 12.3. The van der Waals surface area contributed by atoms with Crippen LogP contribution < -0.4 is 10.6 Å². The van der Waals surface area contributed by atoms with E-state index in [1.807, 2.05) is 0 Å². The molecule has 1 aliphatic heterocycles. The Morgan fingerprint density at radius 1 is 1.33 bits per heavy atom. The largest absolute Gasteiger partial charge is 0.354 e. The van der Waals surface area contributed by atoms with Crippen LogP contribution >= 0.6 is 12.4 Å². The highest BCUT2D eigenvalue weighted by molar-refractivity contribution is 5.85. The van der Waals surface area contributed by atoms with Gasteiger partial charge in [-0.3, -0.25) is 4.79 Å². The van der Waals surface area contributed by atoms with Gasteiger partial charge in [-0.05, 0) is 42.2 Å². The predicted octanol–water partition coefficient (Wildman–Crippen LogP) is 2.82. The summed E-state index contributed by atoms with van der Waals surface area (Å²) in [5.74, 6) is 0.168. The first-order valence-corrected chi connectivity index (χ1v) is 7.80. The molecule has 1 amide bonds. The quantitative estimate of drug-likeness (QED) is 0.878. The molecule has 0 radical (unpaired) electrons. The van der Waals surface area contributed by atoms with Crippen molar-refractivity contribution in [3.8, 4) is 0 Å². The monoisotopic (exact) mass is 308 g/mol. The van der Waals surface area contributed by atoms with E-state index in [0.717, 1.165) is 19.5 Å². The number of halogens is 1. The van der Waals surface area contributed by atoms with Crippen molar-refractivity contribution in [1.29, 1.82) is 0 Å². The zero-order chi connectivity index (χ0) is 14.0. The summed E-state index contributed by atoms with van der Waals surface area (Å²) in [7, 11) is 0. The third kappa shape index (κ3) is 3.78. The van der Waals surface area contributed by atoms with E-state index >= 15 is 0 Å². The minimum absolute atomic E-state index is 0. The lowest BCUT2D eigenvalue weighted by Gasteiger charge is -2.26. The fourth-order valence-electron chi connectivity index (χ4n) is 3.26. The van der Waals surface area contributed by atoms with Crippen molar-refractivity contribution in [2.75, 3.05) is 6.54 Å². The molecule has 21 heavy (non-hydrogen) atoms. The van der Waals surface area contributed by atoms with Crippen LogP contribution in [0.15, 0.2) is 24.3 Å². The first kappa shape index (κ1) is 16.3. The zero-order valence-electron chi connectivity index (χ0n) is 12.7. The first-order chi connectivity index (χ1) is 9.72. The van der Waals surface area contributed by atoms with Gasteiger partial charge in [0.15, 0.2) is 0 Å². The van der Waals surface area contributed by atoms with Crippen molar-refractivity contribution < 1.29 is 4.79 Å². The standard InChI is InChI=1S/C17H24N2O.ClH/c1-2-7-17(8-9-17)12-19-16(20)15-10-13-5-3-4-6-14(13)11-18-15;/h3-6,15,18H,2,7-12H2,1H3,(H,19,20);1H. The Balaban J connectivity index is 0.00000161. The smallest absolute Gasteiger partial charge is 0.237 e. The second-order valence-corrected chi connectivity index (χ2v) is 6.37. The van der Waals surface area contributed by atoms with E-state index < -0.39 is 0 Å². The second kappa shape index (κ2) is 6.80. The Bertz CT molecular complexity index is 499. The molecule has 0 spiro atoms. The minimum atomic E-state index is -0.0673. The molecule has 1 fully saturated rings. The Kier molecular flexibility index (Phi) is 5.28. The molecule has 1 heterocycles. The normalized spacial score (nSPS) is 21.9. The summed E-state index contributed by atoms with van der Waals surface area (Å²) in [5, 5.41) is 6.52. The zero-order valence-corrected chi connectivity index (χ0v) is 13.5. The van der Waals surface area contributed by atoms with Gasteiger partial charge in [0.05, 0.1) is 6.04 Å². The molecule has 0 saturated heterocycles. The summed E-state index contributed by atoms with van der Waals surface area (Å²) >= 11 is 0. The van der Waals surface area contributed by atoms with Gasteiger partial charge in [-0.15, -0.1) is 12.4 Å². The van der Waals surface area contributed by atoms with Gasteiger partial charge in [-0.25, -0.2) is 0 Å². The SMILES string of the molecule is CCCC1(CNC(=O)C2Cc3ccccc3CN2)CC1.Cl. The van der Waals surface area contributed by atoms with Crippen LogP contribution in [0.5, 0.6) is 0 Å². The fourth-order valence-corrected chi connectivity index (χ4v) is 3.26. The summed E-state index contributed by atoms with van der Waals surface area (Å²) in [5.41, 5.74) is 3.05. The summed E-state index contributed by atoms with van der Waals surface area (Å²) in [6.07, 6.45) is 5.83. The number of carbonyl (C=O) groups excluding carboxylic acids is 1. The molecule has 0 bridgehead atoms. The Hall–Kier alpha value is -1.06. The molecule has 116 valence electrons. The van der Waals surface area contributed by atoms with Crippen LogP contribution in [-0.2, 0) is 17.8 Å². The van der Waals surface area contributed by atoms with Gasteiger partial charge < -0.3 is 10.6 Å². The van der Waals surface area contributed by atoms with E-state index in [9.17, 15) is 4.79 Å². The number of hydrogen-bond acceptors (Lipinski definition) is 2. The highest BCUT2D eigenvalue weighted by Crippen LogP contribution is 2.48. The summed E-state index contributed by atoms with van der Waals surface area (Å²) in [6.45, 7) is 3.88. The minimum Gasteiger partial charge on any atom is -0.354 e. The molecular weight excluding hydrogens is 284 g/mol. The molecule has 0 aromatic heterocycles. The van der Waals surface area contributed by atoms with Crippen molar-refractivity contribution in [2.45, 2.75) is 51.6 Å². The van der Waals surface area contributed by atoms with Crippen LogP contribution in [0.1, 0.15) is 43.7 Å². The number of amides is 1. The molecule has 1 unspecified atom stereocenters. The topological polar surface area (TPSA) is 41.1 Å². The molecule has 1 aromatic carbocycles. The van der Waals surface area contributed by atoms with E-state index in [2.05, 4.69) is 41.8 Å². The molecule has 2 aliphatic rings. The van der Waals surface area contributed by atoms with Crippen LogP contribution in [0.4, 0.5) is 0 Å². The van der Waals surface area contributed by atoms with E-state index in [1.165, 1.54) is 36.8 Å². The Morgan fingerprint density at radius 3 is 2.71 bits per heavy atom. The van der Waals surface area contributed by atoms with Gasteiger partial charge in [0.25, 0.3) is 0 Å². The Morgan fingerprint density at radius 2 is 2.05 bits per heavy atom. The predicted molar refractivity (Wildman–Crippen MR) is 87.6 cm³/mol. The molecule has 1 aromatic rings. The van der Waals surface area contributed by atoms with Crippen LogP contribution in [0, 0.1) is 5.41 Å². The highest BCUT2D eigenvalue weighted by atomic mass is 35.5. The lowest BCUT2D eigenvalue weighted by molar-refractivity contribution is -0.123. The van der Waals surface area contributed by atoms with Crippen molar-refractivity contribution in [2.24, 2.45) is 5.41 Å². The van der Waals surface area contributed by atoms with Crippen molar-refractivity contribution in [3.05, 3.63) is 35.4 Å². The van der Waals surface area contributed by atoms with Crippen LogP contribution in [-0.4, -0.2) is 18.5 Å². The first-order valence-electron chi connectivity index (χ1n) is 7.80. The lowest BCUT2D eigenvalue weighted by Crippen LogP contribution is -2.48. The molecule has 4 heteroatoms. The third-order valence-electron chi connectivity index (χ3n) is 4.77. The van der Waals surface area contributed by atoms with Gasteiger partial charge >= 0.3 is 0 Å². The molecule has 2 N–H and O–H groups in total. The van der Waals surface area contributed by atoms with Gasteiger partial charge in [-0.1, -0.05) is 37.6 Å². The summed E-state index contributed by atoms with van der Waals surface area (Å²) < 4.78 is 0. The van der Waals surface area contributed by atoms with Gasteiger partial charge in [0.1, 0.15) is 0 Å². The van der Waals surface area contributed by atoms with Crippen LogP contribution in [0.2, 0.25) is 0 Å². The highest BCUT2D eigenvalue weighted by Gasteiger charge is 2.41. The van der Waals surface area contributed by atoms with Crippen molar-refractivity contribution >= 4 is 18.3 Å². The van der Waals surface area contributed by atoms with Crippen LogP contribution in [0.25, 0.3) is 0 Å². The number of fused-ring (bicyclic) bond motifs is 1. The molecule has 1 aliphatic carbocycles. The second-order valence-electron chi connectivity index (χ2n) is 6.37. The van der Waals surface area contributed by atoms with Crippen molar-refractivity contribution in [1.82, 2.24) is 10.6 Å². The number of hydrogen-bond donors (Lipinski definition) is 2. The molecule has 1 atom stereocenters. The van der Waals surface area contributed by atoms with E-state index in [0.29, 0.717) is 5.41 Å². The number of benzene rings is 1. The molecule has 3 rings (SSSR count). The maximum Gasteiger partial charge on any atom is 0.237 e. The number of carbonyl (C=O) groups is 1. The van der Waals surface area contributed by atoms with Crippen LogP contribution in [0.3, 0.4) is 0 Å². The van der Waals surface area contributed by atoms with Gasteiger partial charge in [-0.2, -0.15) is 0 Å². The van der Waals surface area contributed by atoms with Crippen molar-refractivity contribution in [3.63, 3.8) is 0 Å². The Labute approximate surface area is 133 Å². The molecule has 1 saturated carbocycles. The number of rotatable bonds is 5. The summed E-state index contributed by atoms with van der Waals surface area (Å²) in [4.78, 5) is 12.3. The molecule has 3 nitrogen and oxygen atoms in total. The van der Waals surface area contributed by atoms with E-state index in [-0.39, 0.29) is 24.4 Å². The van der Waals surface area contributed by atoms with E-state index in [1.54, 1.807) is 0 Å². The maximum absolute atomic E-state index is 12.3. The lowest BCUT2D eigenvalue weighted by atomic mass is 9.95. The average molecular weight is 309 g/mol. The van der Waals surface area contributed by atoms with Gasteiger partial charge in [0, 0.05) is 13.1 Å². The van der Waals surface area contributed by atoms with E-state index in [4.69, 9.17) is 0 Å².